The number of para-hydroxylation sites is 1. The number of aromatic nitrogens is 2. The summed E-state index contributed by atoms with van der Waals surface area (Å²) in [5.74, 6) is 1.65. The van der Waals surface area contributed by atoms with Crippen LogP contribution < -0.4 is 15.5 Å². The van der Waals surface area contributed by atoms with Gasteiger partial charge in [0.2, 0.25) is 5.95 Å². The van der Waals surface area contributed by atoms with Gasteiger partial charge in [0.05, 0.1) is 5.52 Å². The third kappa shape index (κ3) is 4.97. The van der Waals surface area contributed by atoms with E-state index in [4.69, 9.17) is 33.2 Å². The van der Waals surface area contributed by atoms with E-state index in [1.54, 1.807) is 0 Å². The van der Waals surface area contributed by atoms with Gasteiger partial charge in [-0.15, -0.1) is 0 Å². The Morgan fingerprint density at radius 3 is 2.47 bits per heavy atom. The molecule has 1 saturated carbocycles. The lowest BCUT2D eigenvalue weighted by Crippen LogP contribution is -2.37. The summed E-state index contributed by atoms with van der Waals surface area (Å²) < 4.78 is 0. The molecule has 0 bridgehead atoms. The Kier molecular flexibility index (Phi) is 6.61. The van der Waals surface area contributed by atoms with Gasteiger partial charge in [0, 0.05) is 48.2 Å². The fourth-order valence-electron chi connectivity index (χ4n) is 4.02. The summed E-state index contributed by atoms with van der Waals surface area (Å²) in [6.45, 7) is 0.738. The van der Waals surface area contributed by atoms with Gasteiger partial charge in [-0.25, -0.2) is 4.98 Å². The van der Waals surface area contributed by atoms with E-state index < -0.39 is 0 Å². The first-order chi connectivity index (χ1) is 14.5. The van der Waals surface area contributed by atoms with Crippen LogP contribution in [0.3, 0.4) is 0 Å². The van der Waals surface area contributed by atoms with Crippen molar-refractivity contribution in [3.63, 3.8) is 0 Å². The van der Waals surface area contributed by atoms with E-state index in [0.717, 1.165) is 64.6 Å². The van der Waals surface area contributed by atoms with Gasteiger partial charge in [-0.1, -0.05) is 35.3 Å². The van der Waals surface area contributed by atoms with E-state index >= 15 is 0 Å². The molecule has 1 aliphatic rings. The molecule has 0 spiro atoms. The molecule has 4 rings (SSSR count). The van der Waals surface area contributed by atoms with E-state index in [2.05, 4.69) is 16.7 Å². The van der Waals surface area contributed by atoms with Gasteiger partial charge < -0.3 is 15.5 Å². The lowest BCUT2D eigenvalue weighted by atomic mass is 9.91. The van der Waals surface area contributed by atoms with Gasteiger partial charge in [-0.3, -0.25) is 0 Å². The van der Waals surface area contributed by atoms with Crippen LogP contribution >= 0.6 is 23.2 Å². The minimum atomic E-state index is 0.383. The molecule has 5 nitrogen and oxygen atoms in total. The van der Waals surface area contributed by atoms with Gasteiger partial charge in [-0.2, -0.15) is 4.98 Å². The average Bonchev–Trinajstić information content (AvgIpc) is 2.74. The van der Waals surface area contributed by atoms with Crippen molar-refractivity contribution in [3.8, 4) is 0 Å². The summed E-state index contributed by atoms with van der Waals surface area (Å²) >= 11 is 12.4. The zero-order valence-corrected chi connectivity index (χ0v) is 18.8. The van der Waals surface area contributed by atoms with Gasteiger partial charge in [-0.05, 0) is 61.6 Å². The predicted molar refractivity (Wildman–Crippen MR) is 127 cm³/mol. The van der Waals surface area contributed by atoms with Crippen molar-refractivity contribution in [2.75, 3.05) is 24.3 Å². The molecule has 30 heavy (non-hydrogen) atoms. The summed E-state index contributed by atoms with van der Waals surface area (Å²) in [6, 6.07) is 14.6. The highest BCUT2D eigenvalue weighted by atomic mass is 35.5. The Morgan fingerprint density at radius 1 is 0.967 bits per heavy atom. The Labute approximate surface area is 187 Å². The lowest BCUT2D eigenvalue weighted by Gasteiger charge is -2.30. The summed E-state index contributed by atoms with van der Waals surface area (Å²) in [5.41, 5.74) is 2.01. The van der Waals surface area contributed by atoms with Crippen molar-refractivity contribution in [3.05, 3.63) is 58.1 Å². The molecule has 2 aromatic carbocycles. The van der Waals surface area contributed by atoms with Gasteiger partial charge >= 0.3 is 0 Å². The summed E-state index contributed by atoms with van der Waals surface area (Å²) in [7, 11) is 4.03. The van der Waals surface area contributed by atoms with Crippen molar-refractivity contribution in [1.82, 2.24) is 15.3 Å². The van der Waals surface area contributed by atoms with Crippen LogP contribution in [0.4, 0.5) is 11.8 Å². The number of rotatable bonds is 6. The van der Waals surface area contributed by atoms with Crippen LogP contribution in [0.5, 0.6) is 0 Å². The van der Waals surface area contributed by atoms with Crippen LogP contribution in [0.2, 0.25) is 10.0 Å². The molecule has 1 fully saturated rings. The second kappa shape index (κ2) is 9.38. The molecule has 0 radical (unpaired) electrons. The summed E-state index contributed by atoms with van der Waals surface area (Å²) in [6.07, 6.45) is 4.36. The third-order valence-corrected chi connectivity index (χ3v) is 6.26. The maximum atomic E-state index is 6.28. The highest BCUT2D eigenvalue weighted by Crippen LogP contribution is 2.27. The van der Waals surface area contributed by atoms with Crippen LogP contribution in [0.25, 0.3) is 10.9 Å². The minimum absolute atomic E-state index is 0.383. The number of anilines is 2. The molecule has 158 valence electrons. The number of hydrogen-bond acceptors (Lipinski definition) is 5. The van der Waals surface area contributed by atoms with Crippen LogP contribution in [0.1, 0.15) is 31.2 Å². The van der Waals surface area contributed by atoms with Gasteiger partial charge in [0.1, 0.15) is 5.82 Å². The third-order valence-electron chi connectivity index (χ3n) is 5.66. The zero-order valence-electron chi connectivity index (χ0n) is 17.3. The van der Waals surface area contributed by atoms with Crippen LogP contribution in [-0.4, -0.2) is 36.1 Å². The molecule has 0 aliphatic heterocycles. The minimum Gasteiger partial charge on any atom is -0.362 e. The first-order valence-corrected chi connectivity index (χ1v) is 11.1. The quantitative estimate of drug-likeness (QED) is 0.525. The fraction of sp³-hybridized carbons (Fsp3) is 0.391. The molecular weight excluding hydrogens is 417 g/mol. The number of benzene rings is 2. The normalized spacial score (nSPS) is 19.1. The molecule has 1 aliphatic carbocycles. The first-order valence-electron chi connectivity index (χ1n) is 10.4. The molecule has 0 amide bonds. The number of hydrogen-bond donors (Lipinski definition) is 2. The van der Waals surface area contributed by atoms with Crippen LogP contribution in [-0.2, 0) is 6.54 Å². The van der Waals surface area contributed by atoms with Crippen molar-refractivity contribution in [1.29, 1.82) is 0 Å². The molecule has 1 heterocycles. The lowest BCUT2D eigenvalue weighted by molar-refractivity contribution is 0.352. The number of nitrogens with zero attached hydrogens (tertiary/aromatic N) is 3. The molecule has 7 heteroatoms. The Bertz CT molecular complexity index is 1020. The topological polar surface area (TPSA) is 53.1 Å². The number of nitrogens with one attached hydrogen (secondary N) is 2. The first kappa shape index (κ1) is 21.2. The Hall–Kier alpha value is -2.08. The van der Waals surface area contributed by atoms with Crippen molar-refractivity contribution in [2.45, 2.75) is 44.3 Å². The number of fused-ring (bicyclic) bond motifs is 1. The smallest absolute Gasteiger partial charge is 0.225 e. The maximum absolute atomic E-state index is 6.28. The zero-order chi connectivity index (χ0) is 21.1. The molecule has 0 saturated heterocycles. The molecule has 0 atom stereocenters. The average molecular weight is 444 g/mol. The van der Waals surface area contributed by atoms with Gasteiger partial charge in [0.15, 0.2) is 0 Å². The largest absolute Gasteiger partial charge is 0.362 e. The van der Waals surface area contributed by atoms with Crippen molar-refractivity contribution < 1.29 is 0 Å². The monoisotopic (exact) mass is 443 g/mol. The molecule has 1 aromatic heterocycles. The summed E-state index contributed by atoms with van der Waals surface area (Å²) in [5, 5.41) is 9.74. The van der Waals surface area contributed by atoms with E-state index in [-0.39, 0.29) is 0 Å². The fourth-order valence-corrected chi connectivity index (χ4v) is 4.40. The molecule has 2 N–H and O–H groups in total. The highest BCUT2D eigenvalue weighted by Gasteiger charge is 2.22. The van der Waals surface area contributed by atoms with Crippen LogP contribution in [0.15, 0.2) is 42.5 Å². The molecule has 3 aromatic rings. The standard InChI is InChI=1S/C23H27Cl2N5/c1-30(2)22-19-5-3-4-6-21(19)28-23(29-22)27-18-10-8-17(9-11-18)26-14-15-13-16(24)7-12-20(15)25/h3-7,12-13,17-18,26H,8-11,14H2,1-2H3,(H,27,28,29). The second-order valence-corrected chi connectivity index (χ2v) is 8.94. The maximum Gasteiger partial charge on any atom is 0.225 e. The van der Waals surface area contributed by atoms with Crippen molar-refractivity contribution in [2.24, 2.45) is 0 Å². The number of halogens is 2. The van der Waals surface area contributed by atoms with Crippen LogP contribution in [0, 0.1) is 0 Å². The summed E-state index contributed by atoms with van der Waals surface area (Å²) in [4.78, 5) is 11.5. The predicted octanol–water partition coefficient (Wildman–Crippen LogP) is 5.52. The Morgan fingerprint density at radius 2 is 1.70 bits per heavy atom. The SMILES string of the molecule is CN(C)c1nc(NC2CCC(NCc3cc(Cl)ccc3Cl)CC2)nc2ccccc12. The highest BCUT2D eigenvalue weighted by molar-refractivity contribution is 6.33. The molecule has 0 unspecified atom stereocenters. The van der Waals surface area contributed by atoms with Crippen molar-refractivity contribution >= 4 is 45.9 Å². The molecular formula is C23H27Cl2N5. The van der Waals surface area contributed by atoms with E-state index in [9.17, 15) is 0 Å². The van der Waals surface area contributed by atoms with E-state index in [0.29, 0.717) is 18.0 Å². The Balaban J connectivity index is 1.35. The second-order valence-electron chi connectivity index (χ2n) is 8.09. The van der Waals surface area contributed by atoms with E-state index in [1.807, 2.05) is 55.4 Å². The van der Waals surface area contributed by atoms with Gasteiger partial charge in [0.25, 0.3) is 0 Å². The van der Waals surface area contributed by atoms with E-state index in [1.165, 1.54) is 0 Å².